The van der Waals surface area contributed by atoms with Gasteiger partial charge in [0.25, 0.3) is 0 Å². The first-order valence-electron chi connectivity index (χ1n) is 5.07. The van der Waals surface area contributed by atoms with Gasteiger partial charge in [0, 0.05) is 0 Å². The van der Waals surface area contributed by atoms with Crippen LogP contribution in [0.5, 0.6) is 0 Å². The quantitative estimate of drug-likeness (QED) is 0.710. The molecule has 0 aromatic carbocycles. The van der Waals surface area contributed by atoms with Crippen LogP contribution in [0.3, 0.4) is 0 Å². The summed E-state index contributed by atoms with van der Waals surface area (Å²) in [6, 6.07) is 0. The predicted molar refractivity (Wildman–Crippen MR) is 55.9 cm³/mol. The molecule has 1 unspecified atom stereocenters. The van der Waals surface area contributed by atoms with Crippen LogP contribution in [0.4, 0.5) is 0 Å². The van der Waals surface area contributed by atoms with Crippen molar-refractivity contribution in [2.24, 2.45) is 5.92 Å². The normalized spacial score (nSPS) is 15.1. The number of carbonyl (C=O) groups is 1. The molecule has 0 bridgehead atoms. The van der Waals surface area contributed by atoms with Crippen LogP contribution in [0.15, 0.2) is 0 Å². The molecule has 0 fully saturated rings. The Kier molecular flexibility index (Phi) is 4.13. The molecule has 0 heterocycles. The average Bonchev–Trinajstić information content (AvgIpc) is 2.00. The summed E-state index contributed by atoms with van der Waals surface area (Å²) in [6.45, 7) is 10.5. The van der Waals surface area contributed by atoms with E-state index in [0.717, 1.165) is 6.42 Å². The average molecular weight is 202 g/mol. The van der Waals surface area contributed by atoms with Gasteiger partial charge in [-0.05, 0) is 34.1 Å². The molecular formula is C11H22O3. The molecule has 1 atom stereocenters. The molecule has 0 saturated carbocycles. The number of hydrogen-bond acceptors (Lipinski definition) is 3. The highest BCUT2D eigenvalue weighted by atomic mass is 16.6. The summed E-state index contributed by atoms with van der Waals surface area (Å²) in [7, 11) is 0. The Bertz CT molecular complexity index is 201. The van der Waals surface area contributed by atoms with Gasteiger partial charge < -0.3 is 9.84 Å². The molecule has 0 radical (unpaired) electrons. The molecule has 0 amide bonds. The molecule has 0 spiro atoms. The maximum absolute atomic E-state index is 11.5. The van der Waals surface area contributed by atoms with Crippen LogP contribution in [0.2, 0.25) is 0 Å². The molecule has 3 heteroatoms. The van der Waals surface area contributed by atoms with E-state index in [1.54, 1.807) is 27.7 Å². The third-order valence-corrected chi connectivity index (χ3v) is 2.84. The Morgan fingerprint density at radius 3 is 2.07 bits per heavy atom. The van der Waals surface area contributed by atoms with E-state index in [-0.39, 0.29) is 11.9 Å². The van der Waals surface area contributed by atoms with Crippen molar-refractivity contribution >= 4 is 5.97 Å². The fourth-order valence-electron chi connectivity index (χ4n) is 0.644. The van der Waals surface area contributed by atoms with Gasteiger partial charge in [0.05, 0.1) is 11.5 Å². The maximum Gasteiger partial charge on any atom is 0.309 e. The zero-order valence-electron chi connectivity index (χ0n) is 10.0. The summed E-state index contributed by atoms with van der Waals surface area (Å²) in [5.41, 5.74) is -1.89. The summed E-state index contributed by atoms with van der Waals surface area (Å²) in [6.07, 6.45) is 0.751. The van der Waals surface area contributed by atoms with Crippen molar-refractivity contribution in [2.45, 2.75) is 59.2 Å². The second kappa shape index (κ2) is 4.30. The number of aliphatic hydroxyl groups is 1. The molecular weight excluding hydrogens is 180 g/mol. The summed E-state index contributed by atoms with van der Waals surface area (Å²) in [4.78, 5) is 11.5. The van der Waals surface area contributed by atoms with Crippen molar-refractivity contribution in [3.05, 3.63) is 0 Å². The van der Waals surface area contributed by atoms with E-state index in [2.05, 4.69) is 0 Å². The lowest BCUT2D eigenvalue weighted by molar-refractivity contribution is -0.184. The first-order chi connectivity index (χ1) is 6.12. The van der Waals surface area contributed by atoms with Gasteiger partial charge in [0.1, 0.15) is 5.60 Å². The third-order valence-electron chi connectivity index (χ3n) is 2.84. The van der Waals surface area contributed by atoms with Crippen LogP contribution < -0.4 is 0 Å². The van der Waals surface area contributed by atoms with Gasteiger partial charge >= 0.3 is 5.97 Å². The van der Waals surface area contributed by atoms with Crippen LogP contribution in [0.1, 0.15) is 48.0 Å². The van der Waals surface area contributed by atoms with E-state index in [0.29, 0.717) is 0 Å². The van der Waals surface area contributed by atoms with E-state index in [9.17, 15) is 9.90 Å². The molecule has 1 N–H and O–H groups in total. The van der Waals surface area contributed by atoms with Gasteiger partial charge in [0.15, 0.2) is 0 Å². The van der Waals surface area contributed by atoms with Crippen molar-refractivity contribution in [1.82, 2.24) is 0 Å². The summed E-state index contributed by atoms with van der Waals surface area (Å²) in [5, 5.41) is 9.77. The summed E-state index contributed by atoms with van der Waals surface area (Å²) < 4.78 is 5.27. The van der Waals surface area contributed by atoms with E-state index in [1.165, 1.54) is 0 Å². The Labute approximate surface area is 86.5 Å². The monoisotopic (exact) mass is 202 g/mol. The lowest BCUT2D eigenvalue weighted by Gasteiger charge is -2.37. The lowest BCUT2D eigenvalue weighted by Crippen LogP contribution is -2.49. The van der Waals surface area contributed by atoms with Gasteiger partial charge in [-0.2, -0.15) is 0 Å². The van der Waals surface area contributed by atoms with Crippen LogP contribution in [0.25, 0.3) is 0 Å². The van der Waals surface area contributed by atoms with Crippen LogP contribution in [-0.4, -0.2) is 22.3 Å². The Hall–Kier alpha value is -0.570. The van der Waals surface area contributed by atoms with Gasteiger partial charge in [0.2, 0.25) is 0 Å². The zero-order chi connectivity index (χ0) is 11.6. The van der Waals surface area contributed by atoms with Crippen molar-refractivity contribution in [1.29, 1.82) is 0 Å². The van der Waals surface area contributed by atoms with Crippen molar-refractivity contribution in [3.8, 4) is 0 Å². The van der Waals surface area contributed by atoms with E-state index >= 15 is 0 Å². The SMILES string of the molecule is CCC(C)C(=O)OC(C)(C)C(C)(C)O. The van der Waals surface area contributed by atoms with Crippen molar-refractivity contribution in [3.63, 3.8) is 0 Å². The first-order valence-corrected chi connectivity index (χ1v) is 5.07. The molecule has 0 saturated heterocycles. The first kappa shape index (κ1) is 13.4. The topological polar surface area (TPSA) is 46.5 Å². The number of esters is 1. The van der Waals surface area contributed by atoms with Gasteiger partial charge in [-0.3, -0.25) is 4.79 Å². The van der Waals surface area contributed by atoms with Gasteiger partial charge in [-0.25, -0.2) is 0 Å². The largest absolute Gasteiger partial charge is 0.456 e. The van der Waals surface area contributed by atoms with E-state index in [4.69, 9.17) is 4.74 Å². The van der Waals surface area contributed by atoms with Crippen molar-refractivity contribution in [2.75, 3.05) is 0 Å². The van der Waals surface area contributed by atoms with Crippen LogP contribution in [0, 0.1) is 5.92 Å². The van der Waals surface area contributed by atoms with Gasteiger partial charge in [-0.1, -0.05) is 13.8 Å². The summed E-state index contributed by atoms with van der Waals surface area (Å²) in [5.74, 6) is -0.365. The number of rotatable bonds is 4. The third kappa shape index (κ3) is 3.29. The highest BCUT2D eigenvalue weighted by Crippen LogP contribution is 2.26. The zero-order valence-corrected chi connectivity index (χ0v) is 10.0. The minimum absolute atomic E-state index is 0.114. The standard InChI is InChI=1S/C11H22O3/c1-7-8(2)9(12)14-11(5,6)10(3,4)13/h8,13H,7H2,1-6H3. The second-order valence-corrected chi connectivity index (χ2v) is 4.80. The predicted octanol–water partition coefficient (Wildman–Crippen LogP) is 2.13. The van der Waals surface area contributed by atoms with E-state index < -0.39 is 11.2 Å². The fraction of sp³-hybridized carbons (Fsp3) is 0.909. The number of ether oxygens (including phenoxy) is 1. The Balaban J connectivity index is 4.45. The second-order valence-electron chi connectivity index (χ2n) is 4.80. The van der Waals surface area contributed by atoms with Crippen LogP contribution in [-0.2, 0) is 9.53 Å². The highest BCUT2D eigenvalue weighted by molar-refractivity contribution is 5.72. The van der Waals surface area contributed by atoms with Gasteiger partial charge in [-0.15, -0.1) is 0 Å². The van der Waals surface area contributed by atoms with Crippen LogP contribution >= 0.6 is 0 Å². The maximum atomic E-state index is 11.5. The molecule has 0 aliphatic heterocycles. The molecule has 0 aliphatic carbocycles. The Morgan fingerprint density at radius 1 is 1.36 bits per heavy atom. The van der Waals surface area contributed by atoms with E-state index in [1.807, 2.05) is 13.8 Å². The van der Waals surface area contributed by atoms with Crippen molar-refractivity contribution < 1.29 is 14.6 Å². The highest BCUT2D eigenvalue weighted by Gasteiger charge is 2.39. The molecule has 0 aromatic rings. The molecule has 14 heavy (non-hydrogen) atoms. The molecule has 84 valence electrons. The summed E-state index contributed by atoms with van der Waals surface area (Å²) >= 11 is 0. The fourth-order valence-corrected chi connectivity index (χ4v) is 0.644. The minimum atomic E-state index is -1.03. The number of carbonyl (C=O) groups excluding carboxylic acids is 1. The molecule has 0 aromatic heterocycles. The lowest BCUT2D eigenvalue weighted by atomic mass is 9.89. The molecule has 3 nitrogen and oxygen atoms in total. The minimum Gasteiger partial charge on any atom is -0.456 e. The Morgan fingerprint density at radius 2 is 1.79 bits per heavy atom. The molecule has 0 aliphatic rings. The molecule has 0 rings (SSSR count). The number of hydrogen-bond donors (Lipinski definition) is 1. The smallest absolute Gasteiger partial charge is 0.309 e.